The molecule has 1 aliphatic rings. The van der Waals surface area contributed by atoms with Gasteiger partial charge in [0.25, 0.3) is 0 Å². The van der Waals surface area contributed by atoms with E-state index >= 15 is 0 Å². The van der Waals surface area contributed by atoms with Gasteiger partial charge < -0.3 is 22.1 Å². The van der Waals surface area contributed by atoms with Crippen LogP contribution in [-0.4, -0.2) is 17.8 Å². The number of urea groups is 2. The maximum Gasteiger partial charge on any atom is 0.316 e. The second-order valence-corrected chi connectivity index (χ2v) is 4.83. The Bertz CT molecular complexity index is 762. The molecule has 7 nitrogen and oxygen atoms in total. The van der Waals surface area contributed by atoms with Crippen LogP contribution < -0.4 is 22.1 Å². The van der Waals surface area contributed by atoms with Gasteiger partial charge in [0.05, 0.1) is 0 Å². The first-order chi connectivity index (χ1) is 10.5. The van der Waals surface area contributed by atoms with Gasteiger partial charge in [-0.1, -0.05) is 12.1 Å². The number of fused-ring (bicyclic) bond motifs is 3. The van der Waals surface area contributed by atoms with E-state index in [9.17, 15) is 14.4 Å². The molecular weight excluding hydrogens is 284 g/mol. The van der Waals surface area contributed by atoms with Crippen molar-refractivity contribution in [3.8, 4) is 11.1 Å². The highest BCUT2D eigenvalue weighted by Crippen LogP contribution is 2.39. The molecule has 1 aliphatic carbocycles. The van der Waals surface area contributed by atoms with Crippen molar-refractivity contribution in [2.24, 2.45) is 11.5 Å². The van der Waals surface area contributed by atoms with Gasteiger partial charge in [0.1, 0.15) is 0 Å². The highest BCUT2D eigenvalue weighted by molar-refractivity contribution is 6.22. The van der Waals surface area contributed by atoms with Crippen LogP contribution in [0.1, 0.15) is 15.9 Å². The van der Waals surface area contributed by atoms with Gasteiger partial charge in [0.15, 0.2) is 5.78 Å². The normalized spacial score (nSPS) is 11.5. The third-order valence-electron chi connectivity index (χ3n) is 3.35. The fraction of sp³-hybridized carbons (Fsp3) is 0. The fourth-order valence-electron chi connectivity index (χ4n) is 2.52. The van der Waals surface area contributed by atoms with E-state index in [1.165, 1.54) is 0 Å². The average molecular weight is 296 g/mol. The van der Waals surface area contributed by atoms with Gasteiger partial charge in [-0.25, -0.2) is 9.59 Å². The number of benzene rings is 2. The van der Waals surface area contributed by atoms with Crippen LogP contribution in [0.25, 0.3) is 11.1 Å². The van der Waals surface area contributed by atoms with Crippen LogP contribution in [-0.2, 0) is 0 Å². The van der Waals surface area contributed by atoms with E-state index in [0.717, 1.165) is 11.1 Å². The molecule has 0 saturated carbocycles. The summed E-state index contributed by atoms with van der Waals surface area (Å²) in [6.07, 6.45) is 0. The second-order valence-electron chi connectivity index (χ2n) is 4.83. The Labute approximate surface area is 125 Å². The zero-order valence-electron chi connectivity index (χ0n) is 11.3. The van der Waals surface area contributed by atoms with Gasteiger partial charge >= 0.3 is 12.1 Å². The highest BCUT2D eigenvalue weighted by Gasteiger charge is 2.27. The van der Waals surface area contributed by atoms with Gasteiger partial charge in [0.2, 0.25) is 0 Å². The third kappa shape index (κ3) is 2.24. The first-order valence-electron chi connectivity index (χ1n) is 6.42. The topological polar surface area (TPSA) is 127 Å². The first kappa shape index (κ1) is 13.6. The van der Waals surface area contributed by atoms with E-state index in [-0.39, 0.29) is 5.78 Å². The lowest BCUT2D eigenvalue weighted by atomic mass is 10.1. The molecule has 2 aromatic carbocycles. The number of hydrogen-bond donors (Lipinski definition) is 4. The van der Waals surface area contributed by atoms with Crippen LogP contribution in [0.2, 0.25) is 0 Å². The molecule has 7 heteroatoms. The quantitative estimate of drug-likeness (QED) is 0.576. The minimum absolute atomic E-state index is 0.189. The van der Waals surface area contributed by atoms with E-state index in [1.807, 2.05) is 0 Å². The second kappa shape index (κ2) is 4.88. The van der Waals surface area contributed by atoms with E-state index in [1.54, 1.807) is 36.4 Å². The summed E-state index contributed by atoms with van der Waals surface area (Å²) in [7, 11) is 0. The number of carbonyl (C=O) groups is 3. The number of amides is 4. The Kier molecular flexibility index (Phi) is 3.03. The molecule has 4 amide bonds. The van der Waals surface area contributed by atoms with Crippen molar-refractivity contribution in [1.29, 1.82) is 0 Å². The Morgan fingerprint density at radius 1 is 0.727 bits per heavy atom. The molecule has 0 heterocycles. The van der Waals surface area contributed by atoms with E-state index < -0.39 is 12.1 Å². The van der Waals surface area contributed by atoms with Crippen LogP contribution in [0.5, 0.6) is 0 Å². The van der Waals surface area contributed by atoms with Crippen LogP contribution in [0.15, 0.2) is 36.4 Å². The number of hydrogen-bond acceptors (Lipinski definition) is 3. The van der Waals surface area contributed by atoms with Crippen LogP contribution in [0.3, 0.4) is 0 Å². The Hall–Kier alpha value is -3.35. The minimum atomic E-state index is -0.698. The van der Waals surface area contributed by atoms with E-state index in [4.69, 9.17) is 11.5 Å². The molecule has 0 spiro atoms. The summed E-state index contributed by atoms with van der Waals surface area (Å²) in [5, 5.41) is 4.86. The molecule has 0 fully saturated rings. The average Bonchev–Trinajstić information content (AvgIpc) is 2.71. The minimum Gasteiger partial charge on any atom is -0.351 e. The number of nitrogens with two attached hydrogens (primary N) is 2. The van der Waals surface area contributed by atoms with Crippen molar-refractivity contribution in [1.82, 2.24) is 0 Å². The molecule has 0 aromatic heterocycles. The maximum atomic E-state index is 12.5. The van der Waals surface area contributed by atoms with Gasteiger partial charge in [-0.05, 0) is 35.4 Å². The van der Waals surface area contributed by atoms with Crippen molar-refractivity contribution < 1.29 is 14.4 Å². The molecule has 22 heavy (non-hydrogen) atoms. The standard InChI is InChI=1S/C15H12N4O3/c16-14(21)18-7-1-3-9-10-4-2-8(19-15(17)22)6-12(10)13(20)11(9)5-7/h1-6H,(H3,16,18,21)(H3,17,19,22). The SMILES string of the molecule is NC(=O)Nc1ccc2c(c1)C(=O)c1cc(NC(N)=O)ccc1-2. The lowest BCUT2D eigenvalue weighted by Gasteiger charge is -2.05. The monoisotopic (exact) mass is 296 g/mol. The van der Waals surface area contributed by atoms with Crippen LogP contribution in [0.4, 0.5) is 21.0 Å². The fourth-order valence-corrected chi connectivity index (χ4v) is 2.52. The molecule has 3 rings (SSSR count). The number of nitrogens with one attached hydrogen (secondary N) is 2. The summed E-state index contributed by atoms with van der Waals surface area (Å²) < 4.78 is 0. The van der Waals surface area contributed by atoms with Gasteiger partial charge in [-0.2, -0.15) is 0 Å². The molecule has 0 atom stereocenters. The van der Waals surface area contributed by atoms with Crippen LogP contribution in [0, 0.1) is 0 Å². The molecule has 0 bridgehead atoms. The lowest BCUT2D eigenvalue weighted by molar-refractivity contribution is 0.104. The molecule has 0 radical (unpaired) electrons. The number of anilines is 2. The summed E-state index contributed by atoms with van der Waals surface area (Å²) in [5.41, 5.74) is 13.5. The third-order valence-corrected chi connectivity index (χ3v) is 3.35. The van der Waals surface area contributed by atoms with E-state index in [0.29, 0.717) is 22.5 Å². The number of ketones is 1. The molecular formula is C15H12N4O3. The molecule has 0 aliphatic heterocycles. The van der Waals surface area contributed by atoms with Crippen molar-refractivity contribution in [3.63, 3.8) is 0 Å². The molecule has 0 saturated heterocycles. The molecule has 6 N–H and O–H groups in total. The summed E-state index contributed by atoms with van der Waals surface area (Å²) in [4.78, 5) is 34.3. The van der Waals surface area contributed by atoms with Gasteiger partial charge in [-0.15, -0.1) is 0 Å². The number of carbonyl (C=O) groups excluding carboxylic acids is 3. The molecule has 110 valence electrons. The Morgan fingerprint density at radius 3 is 1.50 bits per heavy atom. The summed E-state index contributed by atoms with van der Waals surface area (Å²) in [6.45, 7) is 0. The lowest BCUT2D eigenvalue weighted by Crippen LogP contribution is -2.19. The molecule has 2 aromatic rings. The predicted molar refractivity (Wildman–Crippen MR) is 81.7 cm³/mol. The first-order valence-corrected chi connectivity index (χ1v) is 6.42. The smallest absolute Gasteiger partial charge is 0.316 e. The Morgan fingerprint density at radius 2 is 1.14 bits per heavy atom. The Balaban J connectivity index is 2.03. The summed E-state index contributed by atoms with van der Waals surface area (Å²) >= 11 is 0. The van der Waals surface area contributed by atoms with Crippen molar-refractivity contribution in [2.45, 2.75) is 0 Å². The summed E-state index contributed by atoms with van der Waals surface area (Å²) in [5.74, 6) is -0.189. The van der Waals surface area contributed by atoms with Crippen molar-refractivity contribution in [3.05, 3.63) is 47.5 Å². The highest BCUT2D eigenvalue weighted by atomic mass is 16.2. The van der Waals surface area contributed by atoms with Gasteiger partial charge in [0, 0.05) is 22.5 Å². The van der Waals surface area contributed by atoms with Crippen molar-refractivity contribution in [2.75, 3.05) is 10.6 Å². The zero-order valence-corrected chi connectivity index (χ0v) is 11.3. The summed E-state index contributed by atoms with van der Waals surface area (Å²) in [6, 6.07) is 8.57. The zero-order chi connectivity index (χ0) is 15.9. The predicted octanol–water partition coefficient (Wildman–Crippen LogP) is 1.88. The van der Waals surface area contributed by atoms with Crippen molar-refractivity contribution >= 4 is 29.2 Å². The number of rotatable bonds is 2. The maximum absolute atomic E-state index is 12.5. The van der Waals surface area contributed by atoms with Gasteiger partial charge in [-0.3, -0.25) is 4.79 Å². The van der Waals surface area contributed by atoms with Crippen LogP contribution >= 0.6 is 0 Å². The van der Waals surface area contributed by atoms with E-state index in [2.05, 4.69) is 10.6 Å². The number of primary amides is 2. The largest absolute Gasteiger partial charge is 0.351 e. The molecule has 0 unspecified atom stereocenters.